The number of nitrogens with zero attached hydrogens (tertiary/aromatic N) is 3. The van der Waals surface area contributed by atoms with Crippen molar-refractivity contribution in [2.45, 2.75) is 236 Å². The molecule has 11 aromatic rings. The van der Waals surface area contributed by atoms with Crippen molar-refractivity contribution in [3.05, 3.63) is 293 Å². The van der Waals surface area contributed by atoms with E-state index < -0.39 is 16.1 Å². The molecule has 11 aromatic carbocycles. The third-order valence-corrected chi connectivity index (χ3v) is 27.0. The molecular formula is C102H127B2N3Si2. The van der Waals surface area contributed by atoms with Gasteiger partial charge in [-0.2, -0.15) is 0 Å². The Balaban J connectivity index is 1.06. The lowest BCUT2D eigenvalue weighted by molar-refractivity contribution is 0.590. The molecule has 0 bridgehead atoms. The van der Waals surface area contributed by atoms with E-state index in [9.17, 15) is 0 Å². The Morgan fingerprint density at radius 2 is 0.394 bits per heavy atom. The molecule has 0 saturated heterocycles. The predicted molar refractivity (Wildman–Crippen MR) is 492 cm³/mol. The molecule has 0 unspecified atom stereocenters. The van der Waals surface area contributed by atoms with Gasteiger partial charge in [-0.1, -0.05) is 361 Å². The molecule has 0 aliphatic heterocycles. The Morgan fingerprint density at radius 1 is 0.229 bits per heavy atom. The zero-order valence-electron chi connectivity index (χ0n) is 71.6. The number of hydrogen-bond donors (Lipinski definition) is 0. The third-order valence-electron chi connectivity index (χ3n) is 22.8. The highest BCUT2D eigenvalue weighted by Crippen LogP contribution is 2.41. The Hall–Kier alpha value is -8.62. The lowest BCUT2D eigenvalue weighted by Crippen LogP contribution is -2.55. The summed E-state index contributed by atoms with van der Waals surface area (Å²) in [5, 5.41) is 2.92. The summed E-state index contributed by atoms with van der Waals surface area (Å²) < 4.78 is 0. The average molecular weight is 1470 g/mol. The first kappa shape index (κ1) is 81.4. The molecule has 0 aromatic heterocycles. The van der Waals surface area contributed by atoms with Gasteiger partial charge >= 0.3 is 0 Å². The fourth-order valence-electron chi connectivity index (χ4n) is 15.9. The maximum absolute atomic E-state index is 2.54. The summed E-state index contributed by atoms with van der Waals surface area (Å²) in [7, 11) is -3.08. The minimum atomic E-state index is -1.54. The van der Waals surface area contributed by atoms with Gasteiger partial charge in [0.2, 0.25) is 13.4 Å². The van der Waals surface area contributed by atoms with Crippen LogP contribution in [0.4, 0.5) is 51.2 Å². The lowest BCUT2D eigenvalue weighted by atomic mass is 9.34. The highest BCUT2D eigenvalue weighted by molar-refractivity contribution is 6.97. The van der Waals surface area contributed by atoms with E-state index in [-0.39, 0.29) is 29.7 Å². The summed E-state index contributed by atoms with van der Waals surface area (Å²) >= 11 is 0. The zero-order valence-corrected chi connectivity index (χ0v) is 73.6. The van der Waals surface area contributed by atoms with E-state index in [1.54, 1.807) is 0 Å². The van der Waals surface area contributed by atoms with Crippen LogP contribution >= 0.6 is 0 Å². The molecule has 0 heterocycles. The van der Waals surface area contributed by atoms with Gasteiger partial charge in [0.15, 0.2) is 0 Å². The predicted octanol–water partition coefficient (Wildman–Crippen LogP) is 24.9. The largest absolute Gasteiger partial charge is 0.311 e. The normalized spacial score (nSPS) is 12.5. The Morgan fingerprint density at radius 3 is 0.541 bits per heavy atom. The van der Waals surface area contributed by atoms with E-state index >= 15 is 0 Å². The van der Waals surface area contributed by atoms with E-state index in [1.165, 1.54) is 93.2 Å². The van der Waals surface area contributed by atoms with Gasteiger partial charge in [-0.3, -0.25) is 0 Å². The maximum Gasteiger partial charge on any atom is 0.241 e. The smallest absolute Gasteiger partial charge is 0.241 e. The van der Waals surface area contributed by atoms with Crippen molar-refractivity contribution in [1.29, 1.82) is 0 Å². The van der Waals surface area contributed by atoms with E-state index in [1.807, 2.05) is 0 Å². The average Bonchev–Trinajstić information content (AvgIpc) is 0.765. The molecule has 564 valence electrons. The minimum Gasteiger partial charge on any atom is -0.311 e. The second-order valence-corrected chi connectivity index (χ2v) is 48.5. The van der Waals surface area contributed by atoms with Gasteiger partial charge in [0, 0.05) is 51.2 Å². The van der Waals surface area contributed by atoms with Gasteiger partial charge in [-0.05, 0) is 211 Å². The molecule has 3 nitrogen and oxygen atoms in total. The molecule has 11 rings (SSSR count). The molecule has 0 spiro atoms. The van der Waals surface area contributed by atoms with Gasteiger partial charge in [0.05, 0.1) is 16.1 Å². The summed E-state index contributed by atoms with van der Waals surface area (Å²) in [5.74, 6) is 2.00. The summed E-state index contributed by atoms with van der Waals surface area (Å²) in [6, 6.07) is 95.4. The molecule has 0 aliphatic rings. The summed E-state index contributed by atoms with van der Waals surface area (Å²) in [5.41, 5.74) is 30.7. The van der Waals surface area contributed by atoms with E-state index in [2.05, 4.69) is 442 Å². The van der Waals surface area contributed by atoms with Crippen LogP contribution in [-0.4, -0.2) is 29.6 Å². The van der Waals surface area contributed by atoms with E-state index in [4.69, 9.17) is 0 Å². The van der Waals surface area contributed by atoms with Crippen molar-refractivity contribution >= 4 is 124 Å². The van der Waals surface area contributed by atoms with Crippen molar-refractivity contribution < 1.29 is 0 Å². The Bertz CT molecular complexity index is 4400. The quantitative estimate of drug-likeness (QED) is 0.0591. The molecular weight excluding hydrogens is 1340 g/mol. The molecule has 7 heteroatoms. The number of hydrogen-bond acceptors (Lipinski definition) is 3. The topological polar surface area (TPSA) is 9.72 Å². The van der Waals surface area contributed by atoms with Gasteiger partial charge in [0.1, 0.15) is 0 Å². The summed E-state index contributed by atoms with van der Waals surface area (Å²) in [4.78, 5) is 7.38. The van der Waals surface area contributed by atoms with Crippen LogP contribution in [0.2, 0.25) is 39.3 Å². The summed E-state index contributed by atoms with van der Waals surface area (Å²) in [6.45, 7) is 63.8. The van der Waals surface area contributed by atoms with Gasteiger partial charge in [0.25, 0.3) is 0 Å². The van der Waals surface area contributed by atoms with Crippen LogP contribution in [-0.2, 0) is 16.2 Å². The lowest BCUT2D eigenvalue weighted by Gasteiger charge is -2.31. The highest BCUT2D eigenvalue weighted by Gasteiger charge is 2.34. The summed E-state index contributed by atoms with van der Waals surface area (Å²) in [6.07, 6.45) is 0. The minimum absolute atomic E-state index is 0.00883. The zero-order chi connectivity index (χ0) is 79.1. The number of benzene rings is 11. The maximum atomic E-state index is 2.54. The van der Waals surface area contributed by atoms with E-state index in [0.29, 0.717) is 35.5 Å². The van der Waals surface area contributed by atoms with Gasteiger partial charge in [-0.25, -0.2) is 0 Å². The molecule has 0 amide bonds. The van der Waals surface area contributed by atoms with Crippen molar-refractivity contribution in [3.63, 3.8) is 0 Å². The third kappa shape index (κ3) is 18.2. The van der Waals surface area contributed by atoms with Crippen LogP contribution in [0.25, 0.3) is 0 Å². The Kier molecular flexibility index (Phi) is 24.2. The van der Waals surface area contributed by atoms with Crippen LogP contribution in [0.1, 0.15) is 231 Å². The van der Waals surface area contributed by atoms with Crippen LogP contribution in [0.3, 0.4) is 0 Å². The van der Waals surface area contributed by atoms with Crippen LogP contribution < -0.4 is 57.9 Å². The molecule has 0 radical (unpaired) electrons. The van der Waals surface area contributed by atoms with Crippen LogP contribution in [0.15, 0.2) is 243 Å². The molecule has 0 fully saturated rings. The van der Waals surface area contributed by atoms with Crippen molar-refractivity contribution in [2.24, 2.45) is 0 Å². The fraction of sp³-hybridized carbons (Fsp3) is 0.353. The van der Waals surface area contributed by atoms with E-state index in [0.717, 1.165) is 51.2 Å². The number of rotatable bonds is 23. The van der Waals surface area contributed by atoms with Crippen molar-refractivity contribution in [3.8, 4) is 0 Å². The monoisotopic (exact) mass is 1470 g/mol. The van der Waals surface area contributed by atoms with Gasteiger partial charge in [-0.15, -0.1) is 0 Å². The molecule has 0 aliphatic carbocycles. The van der Waals surface area contributed by atoms with Crippen molar-refractivity contribution in [2.75, 3.05) is 14.7 Å². The SMILES string of the molecule is CC(C)c1cc(C(C)C)c(B(c2ccc(N(c3ccc(B(c4ccc(N(c5ccc(C(C)(C)C)cc5)c5ccc([Si](C)(C)C)cc5)cc4)c4c(C(C)C)cc(C(C)C)cc4C(C)C)cc3)c3ccc(C(C)(C)C)cc3)cc2)c2ccc(N(c3ccc(C(C)(C)C)cc3)c3ccc([Si](C)(C)C)cc3)cc2)c(C(C)C)c1. The first-order valence-electron chi connectivity index (χ1n) is 40.9. The molecule has 0 N–H and O–H groups in total. The molecule has 109 heavy (non-hydrogen) atoms. The van der Waals surface area contributed by atoms with Crippen LogP contribution in [0.5, 0.6) is 0 Å². The first-order chi connectivity index (χ1) is 51.2. The standard InChI is InChI=1S/C102H127B2N3Si2/c1-68(2)74-64-94(70(5)6)98(95(65-74)71(7)8)103(81-38-52-88(53-39-81)106(84-44-30-77(31-45-84)101(16,17)18)90-56-60-92(61-57-90)108(22,23)24)79-34-48-86(49-35-79)105(83-42-28-76(29-43-83)100(13,14)15)87-50-36-80(37-51-87)104(99-96(72(9)10)66-75(69(3)4)67-97(99)73(11)12)82-40-54-89(55-41-82)107(85-46-32-78(33-47-85)102(19,20)21)91-58-62-93(63-59-91)109(25,26)27/h28-73H,1-27H3. The first-order valence-corrected chi connectivity index (χ1v) is 47.9. The van der Waals surface area contributed by atoms with Crippen molar-refractivity contribution in [1.82, 2.24) is 0 Å². The molecule has 0 saturated carbocycles. The molecule has 0 atom stereocenters. The highest BCUT2D eigenvalue weighted by atomic mass is 28.3. The van der Waals surface area contributed by atoms with Crippen LogP contribution in [0, 0.1) is 0 Å². The second-order valence-electron chi connectivity index (χ2n) is 38.4. The fourth-order valence-corrected chi connectivity index (χ4v) is 18.2. The number of anilines is 9. The van der Waals surface area contributed by atoms with Gasteiger partial charge < -0.3 is 14.7 Å². The Labute approximate surface area is 663 Å². The second kappa shape index (κ2) is 32.4.